The van der Waals surface area contributed by atoms with E-state index in [9.17, 15) is 4.39 Å². The van der Waals surface area contributed by atoms with E-state index in [-0.39, 0.29) is 23.3 Å². The monoisotopic (exact) mass is 446 g/mol. The van der Waals surface area contributed by atoms with Gasteiger partial charge >= 0.3 is 6.01 Å². The molecule has 7 nitrogen and oxygen atoms in total. The molecule has 1 saturated heterocycles. The molecule has 1 aliphatic heterocycles. The number of nitrogens with one attached hydrogen (secondary N) is 1. The zero-order valence-corrected chi connectivity index (χ0v) is 18.9. The van der Waals surface area contributed by atoms with Crippen LogP contribution in [0, 0.1) is 11.2 Å². The van der Waals surface area contributed by atoms with Gasteiger partial charge in [-0.1, -0.05) is 6.92 Å². The number of benzene rings is 1. The molecule has 1 aromatic carbocycles. The van der Waals surface area contributed by atoms with Crippen molar-refractivity contribution in [2.75, 3.05) is 30.4 Å². The van der Waals surface area contributed by atoms with Gasteiger partial charge in [0.25, 0.3) is 0 Å². The van der Waals surface area contributed by atoms with Crippen molar-refractivity contribution in [3.05, 3.63) is 53.2 Å². The minimum atomic E-state index is -0.276. The van der Waals surface area contributed by atoms with Crippen molar-refractivity contribution in [2.24, 2.45) is 11.1 Å². The maximum Gasteiger partial charge on any atom is 0.324 e. The normalized spacial score (nSPS) is 22.4. The lowest BCUT2D eigenvalue weighted by molar-refractivity contribution is 0.438. The van der Waals surface area contributed by atoms with Gasteiger partial charge in [0.15, 0.2) is 0 Å². The van der Waals surface area contributed by atoms with Crippen LogP contribution in [0.3, 0.4) is 0 Å². The van der Waals surface area contributed by atoms with Crippen LogP contribution in [0.1, 0.15) is 36.7 Å². The molecule has 2 fully saturated rings. The van der Waals surface area contributed by atoms with Crippen LogP contribution in [0.15, 0.2) is 30.5 Å². The standard InChI is InChI=1S/C25H27FN6O/c1-3-15-4-5-16(12-29-15)33-24-30-20-10-17-18(8-14(26)9-19(17)28-2)22(20)23(31-24)32-7-6-25(13-32)11-21(25)27/h4-5,8-9,12,21,28H,3,6-7,10-11,13,27H2,1-2H3. The average molecular weight is 447 g/mol. The molecule has 3 heterocycles. The summed E-state index contributed by atoms with van der Waals surface area (Å²) in [5, 5.41) is 3.13. The first kappa shape index (κ1) is 20.4. The van der Waals surface area contributed by atoms with E-state index >= 15 is 0 Å². The van der Waals surface area contributed by atoms with E-state index in [1.54, 1.807) is 12.3 Å². The lowest BCUT2D eigenvalue weighted by atomic mass is 10.0. The SMILES string of the molecule is CCc1ccc(Oc2nc3c(c(N4CCC5(CC5N)C4)n2)-c2cc(F)cc(NC)c2C3)cn1. The molecular formula is C25H27FN6O. The third kappa shape index (κ3) is 3.31. The number of anilines is 2. The summed E-state index contributed by atoms with van der Waals surface area (Å²) in [5.41, 5.74) is 11.9. The summed E-state index contributed by atoms with van der Waals surface area (Å²) in [7, 11) is 1.81. The van der Waals surface area contributed by atoms with Gasteiger partial charge in [-0.05, 0) is 54.7 Å². The number of rotatable bonds is 5. The second-order valence-corrected chi connectivity index (χ2v) is 9.34. The third-order valence-corrected chi connectivity index (χ3v) is 7.35. The Morgan fingerprint density at radius 2 is 2.15 bits per heavy atom. The number of aromatic nitrogens is 3. The summed E-state index contributed by atoms with van der Waals surface area (Å²) < 4.78 is 20.5. The Kier molecular flexibility index (Phi) is 4.55. The summed E-state index contributed by atoms with van der Waals surface area (Å²) in [6, 6.07) is 7.49. The molecule has 0 bridgehead atoms. The molecule has 6 rings (SSSR count). The highest BCUT2D eigenvalue weighted by Crippen LogP contribution is 2.54. The Hall–Kier alpha value is -3.26. The number of aryl methyl sites for hydroxylation is 1. The molecule has 1 saturated carbocycles. The lowest BCUT2D eigenvalue weighted by Crippen LogP contribution is -2.24. The van der Waals surface area contributed by atoms with Crippen molar-refractivity contribution in [1.29, 1.82) is 0 Å². The Bertz CT molecular complexity index is 1250. The van der Waals surface area contributed by atoms with Crippen molar-refractivity contribution < 1.29 is 9.13 Å². The molecule has 2 atom stereocenters. The summed E-state index contributed by atoms with van der Waals surface area (Å²) in [5.74, 6) is 1.12. The van der Waals surface area contributed by atoms with Gasteiger partial charge in [0.1, 0.15) is 17.4 Å². The van der Waals surface area contributed by atoms with Crippen LogP contribution in [0.25, 0.3) is 11.1 Å². The van der Waals surface area contributed by atoms with Gasteiger partial charge in [-0.15, -0.1) is 0 Å². The molecule has 0 amide bonds. The highest BCUT2D eigenvalue weighted by atomic mass is 19.1. The maximum atomic E-state index is 14.5. The van der Waals surface area contributed by atoms with E-state index in [1.807, 2.05) is 19.2 Å². The Morgan fingerprint density at radius 1 is 1.30 bits per heavy atom. The van der Waals surface area contributed by atoms with Crippen LogP contribution >= 0.6 is 0 Å². The minimum absolute atomic E-state index is 0.179. The molecular weight excluding hydrogens is 419 g/mol. The molecule has 33 heavy (non-hydrogen) atoms. The van der Waals surface area contributed by atoms with E-state index in [2.05, 4.69) is 22.1 Å². The number of halogens is 1. The number of nitrogens with zero attached hydrogens (tertiary/aromatic N) is 4. The zero-order chi connectivity index (χ0) is 22.7. The Labute approximate surface area is 192 Å². The Balaban J connectivity index is 1.44. The fourth-order valence-corrected chi connectivity index (χ4v) is 5.30. The fourth-order valence-electron chi connectivity index (χ4n) is 5.30. The van der Waals surface area contributed by atoms with Crippen molar-refractivity contribution in [3.63, 3.8) is 0 Å². The number of pyridine rings is 1. The second kappa shape index (κ2) is 7.38. The molecule has 0 radical (unpaired) electrons. The minimum Gasteiger partial charge on any atom is -0.423 e. The van der Waals surface area contributed by atoms with Crippen LogP contribution in [0.5, 0.6) is 11.8 Å². The smallest absolute Gasteiger partial charge is 0.324 e. The molecule has 3 aliphatic rings. The van der Waals surface area contributed by atoms with E-state index < -0.39 is 0 Å². The number of hydrogen-bond donors (Lipinski definition) is 2. The quantitative estimate of drug-likeness (QED) is 0.480. The number of hydrogen-bond acceptors (Lipinski definition) is 7. The van der Waals surface area contributed by atoms with Gasteiger partial charge in [0, 0.05) is 55.0 Å². The predicted molar refractivity (Wildman–Crippen MR) is 125 cm³/mol. The van der Waals surface area contributed by atoms with Gasteiger partial charge in [0.2, 0.25) is 0 Å². The van der Waals surface area contributed by atoms with Crippen molar-refractivity contribution in [3.8, 4) is 22.9 Å². The van der Waals surface area contributed by atoms with Crippen LogP contribution in [-0.2, 0) is 12.8 Å². The van der Waals surface area contributed by atoms with Gasteiger partial charge < -0.3 is 20.7 Å². The summed E-state index contributed by atoms with van der Waals surface area (Å²) in [6.07, 6.45) is 5.25. The first-order valence-electron chi connectivity index (χ1n) is 11.5. The summed E-state index contributed by atoms with van der Waals surface area (Å²) >= 11 is 0. The van der Waals surface area contributed by atoms with Gasteiger partial charge in [0.05, 0.1) is 11.9 Å². The summed E-state index contributed by atoms with van der Waals surface area (Å²) in [4.78, 5) is 16.3. The third-order valence-electron chi connectivity index (χ3n) is 7.35. The second-order valence-electron chi connectivity index (χ2n) is 9.34. The van der Waals surface area contributed by atoms with Gasteiger partial charge in [-0.2, -0.15) is 9.97 Å². The Morgan fingerprint density at radius 3 is 2.82 bits per heavy atom. The van der Waals surface area contributed by atoms with Crippen molar-refractivity contribution in [1.82, 2.24) is 15.0 Å². The maximum absolute atomic E-state index is 14.5. The number of fused-ring (bicyclic) bond motifs is 3. The molecule has 2 unspecified atom stereocenters. The number of ether oxygens (including phenoxy) is 1. The topological polar surface area (TPSA) is 89.2 Å². The largest absolute Gasteiger partial charge is 0.423 e. The van der Waals surface area contributed by atoms with Crippen LogP contribution in [0.2, 0.25) is 0 Å². The van der Waals surface area contributed by atoms with E-state index in [4.69, 9.17) is 20.4 Å². The molecule has 170 valence electrons. The average Bonchev–Trinajstić information content (AvgIpc) is 3.13. The van der Waals surface area contributed by atoms with Crippen molar-refractivity contribution in [2.45, 2.75) is 38.6 Å². The lowest BCUT2D eigenvalue weighted by Gasteiger charge is -2.22. The van der Waals surface area contributed by atoms with E-state index in [0.29, 0.717) is 12.2 Å². The molecule has 3 aromatic rings. The highest BCUT2D eigenvalue weighted by molar-refractivity contribution is 5.88. The first-order chi connectivity index (χ1) is 16.0. The van der Waals surface area contributed by atoms with Crippen molar-refractivity contribution >= 4 is 11.5 Å². The van der Waals surface area contributed by atoms with Crippen LogP contribution in [0.4, 0.5) is 15.9 Å². The summed E-state index contributed by atoms with van der Waals surface area (Å²) in [6.45, 7) is 3.79. The molecule has 2 aliphatic carbocycles. The van der Waals surface area contributed by atoms with Gasteiger partial charge in [-0.3, -0.25) is 4.98 Å². The fraction of sp³-hybridized carbons (Fsp3) is 0.400. The number of nitrogens with two attached hydrogens (primary N) is 1. The highest BCUT2D eigenvalue weighted by Gasteiger charge is 2.56. The molecule has 1 spiro atoms. The zero-order valence-electron chi connectivity index (χ0n) is 18.9. The van der Waals surface area contributed by atoms with E-state index in [0.717, 1.165) is 71.9 Å². The molecule has 2 aromatic heterocycles. The molecule has 3 N–H and O–H groups in total. The van der Waals surface area contributed by atoms with Gasteiger partial charge in [-0.25, -0.2) is 4.39 Å². The van der Waals surface area contributed by atoms with Crippen LogP contribution < -0.4 is 20.7 Å². The predicted octanol–water partition coefficient (Wildman–Crippen LogP) is 3.91. The van der Waals surface area contributed by atoms with E-state index in [1.165, 1.54) is 6.07 Å². The van der Waals surface area contributed by atoms with Crippen LogP contribution in [-0.4, -0.2) is 41.1 Å². The molecule has 8 heteroatoms. The first-order valence-corrected chi connectivity index (χ1v) is 11.5.